The molecule has 0 aromatic rings. The largest absolute Gasteiger partial charge is 1.00 e. The molecule has 14 nitrogen and oxygen atoms in total. The van der Waals surface area contributed by atoms with E-state index in [4.69, 9.17) is 47.2 Å². The van der Waals surface area contributed by atoms with Crippen molar-refractivity contribution in [2.24, 2.45) is 0 Å². The van der Waals surface area contributed by atoms with Gasteiger partial charge in [-0.3, -0.25) is 0 Å². The number of carbonyl (C=O) groups excluding carboxylic acids is 2. The minimum atomic E-state index is -1.17. The Bertz CT molecular complexity index is 537. The van der Waals surface area contributed by atoms with Crippen molar-refractivity contribution in [2.75, 3.05) is 79.3 Å². The molecule has 0 radical (unpaired) electrons. The fraction of sp³-hybridized carbons (Fsp3) is 0.889. The van der Waals surface area contributed by atoms with Crippen molar-refractivity contribution in [3.63, 3.8) is 0 Å². The van der Waals surface area contributed by atoms with Crippen LogP contribution in [0.5, 0.6) is 0 Å². The molecule has 0 aliphatic carbocycles. The van der Waals surface area contributed by atoms with Crippen LogP contribution in [0.3, 0.4) is 0 Å². The van der Waals surface area contributed by atoms with Crippen molar-refractivity contribution < 1.29 is 102 Å². The molecule has 4 unspecified atom stereocenters. The van der Waals surface area contributed by atoms with Gasteiger partial charge in [0, 0.05) is 0 Å². The van der Waals surface area contributed by atoms with E-state index in [1.54, 1.807) is 0 Å². The van der Waals surface area contributed by atoms with Crippen LogP contribution in [0.15, 0.2) is 0 Å². The van der Waals surface area contributed by atoms with Gasteiger partial charge in [0.2, 0.25) is 0 Å². The molecule has 4 rings (SSSR count). The molecule has 35 heavy (non-hydrogen) atoms. The van der Waals surface area contributed by atoms with Crippen molar-refractivity contribution in [3.05, 3.63) is 0 Å². The van der Waals surface area contributed by atoms with Gasteiger partial charge in [0.05, 0.1) is 75.7 Å². The van der Waals surface area contributed by atoms with Crippen LogP contribution in [0.2, 0.25) is 0 Å². The van der Waals surface area contributed by atoms with Gasteiger partial charge in [-0.15, -0.1) is 0 Å². The summed E-state index contributed by atoms with van der Waals surface area (Å²) in [5, 5.41) is 0. The number of hydrogen-bond donors (Lipinski definition) is 1. The van der Waals surface area contributed by atoms with Crippen molar-refractivity contribution >= 4 is 22.0 Å². The van der Waals surface area contributed by atoms with Crippen molar-refractivity contribution in [1.82, 2.24) is 0 Å². The Kier molecular flexibility index (Phi) is 20.8. The van der Waals surface area contributed by atoms with Gasteiger partial charge in [-0.05, 0) is 0 Å². The number of halogens is 1. The van der Waals surface area contributed by atoms with Gasteiger partial charge in [0.25, 0.3) is 0 Å². The summed E-state index contributed by atoms with van der Waals surface area (Å²) in [6.07, 6.45) is -1.30. The van der Waals surface area contributed by atoms with Gasteiger partial charge in [-0.1, -0.05) is 0 Å². The molecule has 198 valence electrons. The summed E-state index contributed by atoms with van der Waals surface area (Å²) in [6.45, 7) is 6.15. The number of hydrogen-bond acceptors (Lipinski definition) is 13. The van der Waals surface area contributed by atoms with E-state index in [0.717, 1.165) is 13.2 Å². The fourth-order valence-electron chi connectivity index (χ4n) is 2.32. The van der Waals surface area contributed by atoms with Crippen LogP contribution in [0, 0.1) is 0 Å². The Balaban J connectivity index is 0.000000593. The normalized spacial score (nSPS) is 24.9. The summed E-state index contributed by atoms with van der Waals surface area (Å²) < 4.78 is 58.2. The van der Waals surface area contributed by atoms with Crippen LogP contribution in [-0.2, 0) is 51.8 Å². The van der Waals surface area contributed by atoms with Crippen molar-refractivity contribution in [2.45, 2.75) is 24.4 Å². The maximum absolute atomic E-state index is 10.6. The standard InChI is InChI=1S/C10H14O8.C8H14O4.BrH.Li.HO2Si/c11-9-15-5-7(17-9)3-13-1-2-14-4-8-6-16-10(12)18-8;1(9-3-7-5-11-7)2-10-4-8-6-12-8;;;1-3-2/h7-8H,1-6H2;7-8H,1-6H2;1H;;1H/q;;;+1;-1/p-1. The first-order valence-corrected chi connectivity index (χ1v) is 11.2. The van der Waals surface area contributed by atoms with Crippen LogP contribution in [0.4, 0.5) is 9.59 Å². The fourth-order valence-corrected chi connectivity index (χ4v) is 2.32. The van der Waals surface area contributed by atoms with Crippen LogP contribution in [0.1, 0.15) is 0 Å². The van der Waals surface area contributed by atoms with Crippen molar-refractivity contribution in [1.29, 1.82) is 0 Å². The van der Waals surface area contributed by atoms with Gasteiger partial charge < -0.3 is 73.6 Å². The predicted molar refractivity (Wildman–Crippen MR) is 104 cm³/mol. The van der Waals surface area contributed by atoms with Crippen LogP contribution in [0.25, 0.3) is 0 Å². The number of rotatable bonds is 14. The van der Waals surface area contributed by atoms with E-state index in [-0.39, 0.29) is 74.5 Å². The van der Waals surface area contributed by atoms with E-state index in [1.807, 2.05) is 0 Å². The number of cyclic esters (lactones) is 4. The maximum Gasteiger partial charge on any atom is 1.00 e. The molecule has 1 N–H and O–H groups in total. The quantitative estimate of drug-likeness (QED) is 0.0884. The molecule has 4 aliphatic rings. The average Bonchev–Trinajstić information content (AvgIpc) is 3.71. The van der Waals surface area contributed by atoms with E-state index in [1.165, 1.54) is 0 Å². The molecule has 0 spiro atoms. The summed E-state index contributed by atoms with van der Waals surface area (Å²) in [5.41, 5.74) is 0. The van der Waals surface area contributed by atoms with Crippen LogP contribution >= 0.6 is 0 Å². The zero-order chi connectivity index (χ0) is 23.7. The Labute approximate surface area is 227 Å². The second-order valence-electron chi connectivity index (χ2n) is 6.90. The second-order valence-corrected chi connectivity index (χ2v) is 7.09. The summed E-state index contributed by atoms with van der Waals surface area (Å²) in [4.78, 5) is 28.2. The molecule has 0 aromatic heterocycles. The number of epoxide rings is 2. The third-order valence-corrected chi connectivity index (χ3v) is 4.06. The molecular formula is C18H29BrLiO14Si-. The predicted octanol–water partition coefficient (Wildman–Crippen LogP) is -7.14. The first-order chi connectivity index (χ1) is 16.1. The Hall–Kier alpha value is -0.806. The van der Waals surface area contributed by atoms with E-state index in [9.17, 15) is 9.59 Å². The molecular weight excluding hydrogens is 555 g/mol. The Morgan fingerprint density at radius 3 is 1.20 bits per heavy atom. The minimum Gasteiger partial charge on any atom is -1.00 e. The van der Waals surface area contributed by atoms with Crippen LogP contribution < -0.4 is 35.8 Å². The van der Waals surface area contributed by atoms with Gasteiger partial charge in [-0.25, -0.2) is 9.59 Å². The monoisotopic (exact) mass is 583 g/mol. The van der Waals surface area contributed by atoms with Crippen molar-refractivity contribution in [3.8, 4) is 0 Å². The number of ether oxygens (including phenoxy) is 10. The molecule has 4 atom stereocenters. The topological polar surface area (TPSA) is 170 Å². The van der Waals surface area contributed by atoms with Gasteiger partial charge in [0.1, 0.15) is 25.4 Å². The minimum absolute atomic E-state index is 0. The third-order valence-electron chi connectivity index (χ3n) is 4.06. The summed E-state index contributed by atoms with van der Waals surface area (Å²) in [5.74, 6) is 0. The first-order valence-electron chi connectivity index (χ1n) is 10.3. The Morgan fingerprint density at radius 1 is 0.686 bits per heavy atom. The van der Waals surface area contributed by atoms with E-state index < -0.39 is 22.0 Å². The zero-order valence-electron chi connectivity index (χ0n) is 19.4. The van der Waals surface area contributed by atoms with E-state index in [0.29, 0.717) is 51.8 Å². The molecule has 4 fully saturated rings. The summed E-state index contributed by atoms with van der Waals surface area (Å²) in [7, 11) is -1.17. The van der Waals surface area contributed by atoms with Crippen LogP contribution in [-0.4, -0.2) is 130 Å². The number of carbonyl (C=O) groups is 2. The summed E-state index contributed by atoms with van der Waals surface area (Å²) >= 11 is 0. The van der Waals surface area contributed by atoms with E-state index in [2.05, 4.69) is 9.47 Å². The first kappa shape index (κ1) is 34.2. The molecule has 4 saturated heterocycles. The van der Waals surface area contributed by atoms with Gasteiger partial charge in [-0.2, -0.15) is 0 Å². The second kappa shape index (κ2) is 21.3. The molecule has 17 heteroatoms. The molecule has 0 bridgehead atoms. The zero-order valence-corrected chi connectivity index (χ0v) is 22.0. The van der Waals surface area contributed by atoms with E-state index >= 15 is 0 Å². The molecule has 0 aromatic carbocycles. The maximum atomic E-state index is 10.6. The third kappa shape index (κ3) is 19.0. The smallest absolute Gasteiger partial charge is 1.00 e. The summed E-state index contributed by atoms with van der Waals surface area (Å²) in [6, 6.07) is 0. The molecule has 0 amide bonds. The average molecular weight is 584 g/mol. The Morgan fingerprint density at radius 2 is 0.971 bits per heavy atom. The molecule has 0 saturated carbocycles. The van der Waals surface area contributed by atoms with Gasteiger partial charge in [0.15, 0.2) is 12.2 Å². The molecule has 4 heterocycles. The van der Waals surface area contributed by atoms with Gasteiger partial charge >= 0.3 is 31.2 Å². The molecule has 4 aliphatic heterocycles. The SMILES string of the molecule is C(COCC1CO1)OCC1CO1.O=C1OCC(COCCOCC2COC(=O)O2)O1.O=[Si-]O.[Br-].[Li+].